The fraction of sp³-hybridized carbons (Fsp3) is 0.312. The molecular formula is C16H18ClN3O2S. The Morgan fingerprint density at radius 2 is 1.78 bits per heavy atom. The third-order valence-corrected chi connectivity index (χ3v) is 5.69. The minimum absolute atomic E-state index is 0.0572. The number of piperidine rings is 1. The molecule has 1 aliphatic rings. The zero-order valence-electron chi connectivity index (χ0n) is 12.6. The third kappa shape index (κ3) is 3.76. The molecule has 0 aliphatic carbocycles. The van der Waals surface area contributed by atoms with Crippen LogP contribution >= 0.6 is 11.6 Å². The number of halogens is 1. The molecular weight excluding hydrogens is 334 g/mol. The normalized spacial score (nSPS) is 15.4. The van der Waals surface area contributed by atoms with Crippen LogP contribution in [0.4, 0.5) is 11.5 Å². The molecule has 2 heterocycles. The number of hydrogen-bond donors (Lipinski definition) is 1. The number of benzene rings is 1. The van der Waals surface area contributed by atoms with Crippen LogP contribution in [0.2, 0.25) is 5.02 Å². The summed E-state index contributed by atoms with van der Waals surface area (Å²) < 4.78 is 27.3. The lowest BCUT2D eigenvalue weighted by Crippen LogP contribution is -2.30. The first kappa shape index (κ1) is 16.1. The average Bonchev–Trinajstić information content (AvgIpc) is 2.56. The van der Waals surface area contributed by atoms with Crippen molar-refractivity contribution in [2.75, 3.05) is 22.7 Å². The largest absolute Gasteiger partial charge is 0.357 e. The van der Waals surface area contributed by atoms with Crippen LogP contribution in [-0.2, 0) is 10.0 Å². The van der Waals surface area contributed by atoms with Crippen LogP contribution in [0.5, 0.6) is 0 Å². The molecule has 0 bridgehead atoms. The fourth-order valence-electron chi connectivity index (χ4n) is 2.63. The first-order valence-electron chi connectivity index (χ1n) is 7.55. The smallest absolute Gasteiger partial charge is 0.263 e. The van der Waals surface area contributed by atoms with E-state index in [1.54, 1.807) is 30.5 Å². The van der Waals surface area contributed by atoms with Gasteiger partial charge in [-0.25, -0.2) is 13.4 Å². The van der Waals surface area contributed by atoms with Gasteiger partial charge < -0.3 is 4.90 Å². The molecule has 0 radical (unpaired) electrons. The predicted molar refractivity (Wildman–Crippen MR) is 92.6 cm³/mol. The van der Waals surface area contributed by atoms with E-state index in [4.69, 9.17) is 11.6 Å². The Morgan fingerprint density at radius 1 is 1.04 bits per heavy atom. The standard InChI is InChI=1S/C16H18ClN3O2S/c17-14-6-2-3-7-15(14)23(21,22)19-13-8-9-16(18-12-13)20-10-4-1-5-11-20/h2-3,6-9,12,19H,1,4-5,10-11H2. The summed E-state index contributed by atoms with van der Waals surface area (Å²) in [4.78, 5) is 6.64. The molecule has 0 amide bonds. The lowest BCUT2D eigenvalue weighted by Gasteiger charge is -2.27. The maximum atomic E-state index is 12.4. The van der Waals surface area contributed by atoms with E-state index in [9.17, 15) is 8.42 Å². The molecule has 1 aliphatic heterocycles. The van der Waals surface area contributed by atoms with E-state index in [0.29, 0.717) is 5.69 Å². The van der Waals surface area contributed by atoms with Crippen LogP contribution in [0.1, 0.15) is 19.3 Å². The van der Waals surface area contributed by atoms with Crippen LogP contribution in [0.15, 0.2) is 47.5 Å². The zero-order valence-corrected chi connectivity index (χ0v) is 14.1. The lowest BCUT2D eigenvalue weighted by atomic mass is 10.1. The Hall–Kier alpha value is -1.79. The number of hydrogen-bond acceptors (Lipinski definition) is 4. The second-order valence-electron chi connectivity index (χ2n) is 5.49. The predicted octanol–water partition coefficient (Wildman–Crippen LogP) is 3.53. The summed E-state index contributed by atoms with van der Waals surface area (Å²) in [5, 5.41) is 0.192. The summed E-state index contributed by atoms with van der Waals surface area (Å²) >= 11 is 5.96. The molecule has 1 N–H and O–H groups in total. The van der Waals surface area contributed by atoms with Gasteiger partial charge in [0, 0.05) is 13.1 Å². The number of nitrogens with one attached hydrogen (secondary N) is 1. The summed E-state index contributed by atoms with van der Waals surface area (Å²) in [6.07, 6.45) is 5.13. The summed E-state index contributed by atoms with van der Waals surface area (Å²) in [7, 11) is -3.72. The number of rotatable bonds is 4. The van der Waals surface area contributed by atoms with Crippen LogP contribution in [-0.4, -0.2) is 26.5 Å². The second-order valence-corrected chi connectivity index (χ2v) is 7.55. The van der Waals surface area contributed by atoms with E-state index in [1.165, 1.54) is 25.3 Å². The van der Waals surface area contributed by atoms with Crippen LogP contribution in [0.25, 0.3) is 0 Å². The zero-order chi connectivity index (χ0) is 16.3. The van der Waals surface area contributed by atoms with Gasteiger partial charge in [-0.15, -0.1) is 0 Å². The van der Waals surface area contributed by atoms with Gasteiger partial charge in [-0.05, 0) is 43.5 Å². The van der Waals surface area contributed by atoms with Crippen molar-refractivity contribution in [1.29, 1.82) is 0 Å². The van der Waals surface area contributed by atoms with Crippen molar-refractivity contribution in [2.24, 2.45) is 0 Å². The van der Waals surface area contributed by atoms with Gasteiger partial charge in [0.15, 0.2) is 0 Å². The summed E-state index contributed by atoms with van der Waals surface area (Å²) in [5.41, 5.74) is 0.422. The molecule has 1 aromatic heterocycles. The van der Waals surface area contributed by atoms with Gasteiger partial charge in [-0.2, -0.15) is 0 Å². The Balaban J connectivity index is 1.76. The van der Waals surface area contributed by atoms with E-state index < -0.39 is 10.0 Å². The molecule has 3 rings (SSSR count). The Bertz CT molecular complexity index is 772. The molecule has 0 atom stereocenters. The monoisotopic (exact) mass is 351 g/mol. The van der Waals surface area contributed by atoms with Crippen molar-refractivity contribution in [2.45, 2.75) is 24.2 Å². The van der Waals surface area contributed by atoms with Gasteiger partial charge in [-0.3, -0.25) is 4.72 Å². The van der Waals surface area contributed by atoms with Gasteiger partial charge in [0.25, 0.3) is 10.0 Å². The quantitative estimate of drug-likeness (QED) is 0.915. The van der Waals surface area contributed by atoms with Gasteiger partial charge in [-0.1, -0.05) is 23.7 Å². The molecule has 1 aromatic carbocycles. The average molecular weight is 352 g/mol. The van der Waals surface area contributed by atoms with Crippen molar-refractivity contribution in [3.8, 4) is 0 Å². The molecule has 1 fully saturated rings. The van der Waals surface area contributed by atoms with Crippen molar-refractivity contribution in [3.05, 3.63) is 47.6 Å². The minimum Gasteiger partial charge on any atom is -0.357 e. The second kappa shape index (κ2) is 6.76. The van der Waals surface area contributed by atoms with Crippen molar-refractivity contribution in [3.63, 3.8) is 0 Å². The highest BCUT2D eigenvalue weighted by Crippen LogP contribution is 2.24. The topological polar surface area (TPSA) is 62.3 Å². The molecule has 1 saturated heterocycles. The highest BCUT2D eigenvalue weighted by Gasteiger charge is 2.18. The minimum atomic E-state index is -3.72. The Morgan fingerprint density at radius 3 is 2.43 bits per heavy atom. The highest BCUT2D eigenvalue weighted by molar-refractivity contribution is 7.92. The molecule has 0 unspecified atom stereocenters. The summed E-state index contributed by atoms with van der Waals surface area (Å²) in [5.74, 6) is 0.880. The van der Waals surface area contributed by atoms with E-state index in [1.807, 2.05) is 6.07 Å². The third-order valence-electron chi connectivity index (χ3n) is 3.81. The van der Waals surface area contributed by atoms with Gasteiger partial charge in [0.05, 0.1) is 16.9 Å². The van der Waals surface area contributed by atoms with Crippen molar-refractivity contribution in [1.82, 2.24) is 4.98 Å². The Kier molecular flexibility index (Phi) is 4.73. The van der Waals surface area contributed by atoms with E-state index in [-0.39, 0.29) is 9.92 Å². The number of aromatic nitrogens is 1. The number of pyridine rings is 1. The molecule has 23 heavy (non-hydrogen) atoms. The first-order valence-corrected chi connectivity index (χ1v) is 9.41. The Labute approximate surface area is 141 Å². The number of sulfonamides is 1. The molecule has 122 valence electrons. The first-order chi connectivity index (χ1) is 11.1. The maximum absolute atomic E-state index is 12.4. The molecule has 5 nitrogen and oxygen atoms in total. The summed E-state index contributed by atoms with van der Waals surface area (Å²) in [6.45, 7) is 2.00. The molecule has 0 saturated carbocycles. The van der Waals surface area contributed by atoms with Gasteiger partial charge >= 0.3 is 0 Å². The fourth-order valence-corrected chi connectivity index (χ4v) is 4.19. The van der Waals surface area contributed by atoms with Gasteiger partial charge in [0.1, 0.15) is 10.7 Å². The van der Waals surface area contributed by atoms with Crippen LogP contribution < -0.4 is 9.62 Å². The molecule has 0 spiro atoms. The van der Waals surface area contributed by atoms with Crippen molar-refractivity contribution >= 4 is 33.1 Å². The maximum Gasteiger partial charge on any atom is 0.263 e. The highest BCUT2D eigenvalue weighted by atomic mass is 35.5. The van der Waals surface area contributed by atoms with Crippen LogP contribution in [0, 0.1) is 0 Å². The van der Waals surface area contributed by atoms with E-state index in [2.05, 4.69) is 14.6 Å². The SMILES string of the molecule is O=S(=O)(Nc1ccc(N2CCCCC2)nc1)c1ccccc1Cl. The summed E-state index contributed by atoms with van der Waals surface area (Å²) in [6, 6.07) is 9.92. The molecule has 7 heteroatoms. The van der Waals surface area contributed by atoms with E-state index >= 15 is 0 Å². The molecule has 2 aromatic rings. The number of nitrogens with zero attached hydrogens (tertiary/aromatic N) is 2. The number of anilines is 2. The van der Waals surface area contributed by atoms with Gasteiger partial charge in [0.2, 0.25) is 0 Å². The van der Waals surface area contributed by atoms with Crippen molar-refractivity contribution < 1.29 is 8.42 Å². The lowest BCUT2D eigenvalue weighted by molar-refractivity contribution is 0.573. The van der Waals surface area contributed by atoms with Crippen LogP contribution in [0.3, 0.4) is 0 Å². The van der Waals surface area contributed by atoms with E-state index in [0.717, 1.165) is 18.9 Å².